The number of ketones is 1. The van der Waals surface area contributed by atoms with Crippen molar-refractivity contribution in [2.45, 2.75) is 45.1 Å². The number of aromatic nitrogens is 1. The van der Waals surface area contributed by atoms with Crippen molar-refractivity contribution >= 4 is 33.9 Å². The second kappa shape index (κ2) is 6.53. The van der Waals surface area contributed by atoms with E-state index in [9.17, 15) is 4.79 Å². The standard InChI is InChI=1S/C13H19ClN2OS/c1-2-16(10-6-4-3-5-7-10)13-15-11(9-18-13)12(17)8-14/h9-10H,2-8H2,1H3. The second-order valence-corrected chi connectivity index (χ2v) is 5.75. The Bertz CT molecular complexity index is 401. The van der Waals surface area contributed by atoms with Gasteiger partial charge in [-0.05, 0) is 19.8 Å². The summed E-state index contributed by atoms with van der Waals surface area (Å²) < 4.78 is 0. The lowest BCUT2D eigenvalue weighted by Gasteiger charge is -2.33. The van der Waals surface area contributed by atoms with Gasteiger partial charge >= 0.3 is 0 Å². The quantitative estimate of drug-likeness (QED) is 0.611. The summed E-state index contributed by atoms with van der Waals surface area (Å²) in [6.45, 7) is 3.10. The average molecular weight is 287 g/mol. The monoisotopic (exact) mass is 286 g/mol. The zero-order valence-electron chi connectivity index (χ0n) is 10.7. The summed E-state index contributed by atoms with van der Waals surface area (Å²) in [4.78, 5) is 18.3. The highest BCUT2D eigenvalue weighted by molar-refractivity contribution is 7.14. The van der Waals surface area contributed by atoms with Gasteiger partial charge in [-0.15, -0.1) is 22.9 Å². The average Bonchev–Trinajstić information content (AvgIpc) is 2.89. The van der Waals surface area contributed by atoms with Crippen LogP contribution in [0.1, 0.15) is 49.5 Å². The first kappa shape index (κ1) is 13.8. The molecular formula is C13H19ClN2OS. The molecule has 1 aliphatic rings. The first-order chi connectivity index (χ1) is 8.76. The molecule has 100 valence electrons. The summed E-state index contributed by atoms with van der Waals surface area (Å²) in [6, 6.07) is 0.592. The smallest absolute Gasteiger partial charge is 0.196 e. The van der Waals surface area contributed by atoms with E-state index in [-0.39, 0.29) is 11.7 Å². The number of thiazole rings is 1. The van der Waals surface area contributed by atoms with Gasteiger partial charge in [-0.25, -0.2) is 4.98 Å². The number of hydrogen-bond acceptors (Lipinski definition) is 4. The van der Waals surface area contributed by atoms with Crippen molar-refractivity contribution in [3.05, 3.63) is 11.1 Å². The number of carbonyl (C=O) groups is 1. The van der Waals surface area contributed by atoms with E-state index in [0.29, 0.717) is 11.7 Å². The molecule has 0 atom stereocenters. The van der Waals surface area contributed by atoms with E-state index >= 15 is 0 Å². The van der Waals surface area contributed by atoms with Crippen molar-refractivity contribution in [2.24, 2.45) is 0 Å². The predicted molar refractivity (Wildman–Crippen MR) is 77.1 cm³/mol. The van der Waals surface area contributed by atoms with Crippen LogP contribution in [0.3, 0.4) is 0 Å². The van der Waals surface area contributed by atoms with Gasteiger partial charge in [-0.2, -0.15) is 0 Å². The largest absolute Gasteiger partial charge is 0.345 e. The normalized spacial score (nSPS) is 16.8. The Balaban J connectivity index is 2.11. The molecule has 0 unspecified atom stereocenters. The molecule has 0 amide bonds. The molecule has 0 radical (unpaired) electrons. The van der Waals surface area contributed by atoms with Crippen LogP contribution < -0.4 is 4.90 Å². The molecule has 5 heteroatoms. The number of rotatable bonds is 5. The molecule has 0 saturated heterocycles. The molecular weight excluding hydrogens is 268 g/mol. The minimum Gasteiger partial charge on any atom is -0.345 e. The first-order valence-electron chi connectivity index (χ1n) is 6.57. The highest BCUT2D eigenvalue weighted by Gasteiger charge is 2.23. The topological polar surface area (TPSA) is 33.2 Å². The van der Waals surface area contributed by atoms with E-state index in [1.807, 2.05) is 5.38 Å². The fourth-order valence-electron chi connectivity index (χ4n) is 2.54. The van der Waals surface area contributed by atoms with Crippen LogP contribution in [-0.2, 0) is 0 Å². The van der Waals surface area contributed by atoms with Crippen molar-refractivity contribution in [1.82, 2.24) is 4.98 Å². The Morgan fingerprint density at radius 1 is 1.50 bits per heavy atom. The maximum absolute atomic E-state index is 11.5. The third-order valence-electron chi connectivity index (χ3n) is 3.50. The molecule has 0 spiro atoms. The van der Waals surface area contributed by atoms with Crippen molar-refractivity contribution in [3.63, 3.8) is 0 Å². The molecule has 0 bridgehead atoms. The van der Waals surface area contributed by atoms with Crippen molar-refractivity contribution in [3.8, 4) is 0 Å². The van der Waals surface area contributed by atoms with Crippen LogP contribution in [0, 0.1) is 0 Å². The molecule has 1 aliphatic carbocycles. The highest BCUT2D eigenvalue weighted by atomic mass is 35.5. The fraction of sp³-hybridized carbons (Fsp3) is 0.692. The van der Waals surface area contributed by atoms with E-state index in [4.69, 9.17) is 11.6 Å². The first-order valence-corrected chi connectivity index (χ1v) is 7.99. The maximum Gasteiger partial charge on any atom is 0.196 e. The van der Waals surface area contributed by atoms with Crippen LogP contribution in [0.2, 0.25) is 0 Å². The van der Waals surface area contributed by atoms with Crippen LogP contribution in [0.5, 0.6) is 0 Å². The van der Waals surface area contributed by atoms with Gasteiger partial charge in [0.05, 0.1) is 5.88 Å². The maximum atomic E-state index is 11.5. The molecule has 0 aromatic carbocycles. The van der Waals surface area contributed by atoms with Crippen LogP contribution in [0.25, 0.3) is 0 Å². The Morgan fingerprint density at radius 3 is 2.83 bits per heavy atom. The van der Waals surface area contributed by atoms with Crippen molar-refractivity contribution in [1.29, 1.82) is 0 Å². The van der Waals surface area contributed by atoms with E-state index in [1.54, 1.807) is 11.3 Å². The zero-order chi connectivity index (χ0) is 13.0. The lowest BCUT2D eigenvalue weighted by molar-refractivity contribution is 0.101. The molecule has 1 heterocycles. The van der Waals surface area contributed by atoms with Gasteiger partial charge in [-0.1, -0.05) is 19.3 Å². The lowest BCUT2D eigenvalue weighted by Crippen LogP contribution is -2.36. The molecule has 1 aromatic heterocycles. The Hall–Kier alpha value is -0.610. The number of hydrogen-bond donors (Lipinski definition) is 0. The van der Waals surface area contributed by atoms with E-state index in [0.717, 1.165) is 11.7 Å². The minimum atomic E-state index is -0.0844. The molecule has 0 aliphatic heterocycles. The second-order valence-electron chi connectivity index (χ2n) is 4.65. The van der Waals surface area contributed by atoms with E-state index < -0.39 is 0 Å². The molecule has 1 aromatic rings. The Kier molecular flexibility index (Phi) is 5.01. The summed E-state index contributed by atoms with van der Waals surface area (Å²) in [6.07, 6.45) is 6.44. The predicted octanol–water partition coefficient (Wildman–Crippen LogP) is 3.72. The van der Waals surface area contributed by atoms with Gasteiger partial charge in [0.2, 0.25) is 0 Å². The fourth-order valence-corrected chi connectivity index (χ4v) is 3.64. The number of anilines is 1. The van der Waals surface area contributed by atoms with Gasteiger partial charge in [0.25, 0.3) is 0 Å². The van der Waals surface area contributed by atoms with Gasteiger partial charge < -0.3 is 4.90 Å². The Labute approximate surface area is 117 Å². The third kappa shape index (κ3) is 3.04. The van der Waals surface area contributed by atoms with Crippen molar-refractivity contribution < 1.29 is 4.79 Å². The molecule has 3 nitrogen and oxygen atoms in total. The van der Waals surface area contributed by atoms with Crippen LogP contribution in [-0.4, -0.2) is 29.2 Å². The SMILES string of the molecule is CCN(c1nc(C(=O)CCl)cs1)C1CCCCC1. The third-order valence-corrected chi connectivity index (χ3v) is 4.62. The number of carbonyl (C=O) groups excluding carboxylic acids is 1. The molecule has 18 heavy (non-hydrogen) atoms. The molecule has 2 rings (SSSR count). The Morgan fingerprint density at radius 2 is 2.22 bits per heavy atom. The highest BCUT2D eigenvalue weighted by Crippen LogP contribution is 2.29. The zero-order valence-corrected chi connectivity index (χ0v) is 12.3. The molecule has 0 N–H and O–H groups in total. The van der Waals surface area contributed by atoms with Crippen molar-refractivity contribution in [2.75, 3.05) is 17.3 Å². The van der Waals surface area contributed by atoms with Gasteiger partial charge in [-0.3, -0.25) is 4.79 Å². The summed E-state index contributed by atoms with van der Waals surface area (Å²) in [5.74, 6) is -0.0718. The van der Waals surface area contributed by atoms with E-state index in [2.05, 4.69) is 16.8 Å². The van der Waals surface area contributed by atoms with Crippen LogP contribution >= 0.6 is 22.9 Å². The minimum absolute atomic E-state index is 0.0126. The number of alkyl halides is 1. The number of halogens is 1. The summed E-state index contributed by atoms with van der Waals surface area (Å²) in [7, 11) is 0. The molecule has 1 fully saturated rings. The summed E-state index contributed by atoms with van der Waals surface area (Å²) >= 11 is 7.11. The molecule has 1 saturated carbocycles. The van der Waals surface area contributed by atoms with Crippen LogP contribution in [0.15, 0.2) is 5.38 Å². The van der Waals surface area contributed by atoms with Crippen LogP contribution in [0.4, 0.5) is 5.13 Å². The summed E-state index contributed by atoms with van der Waals surface area (Å²) in [5, 5.41) is 2.80. The lowest BCUT2D eigenvalue weighted by atomic mass is 9.94. The van der Waals surface area contributed by atoms with Gasteiger partial charge in [0.15, 0.2) is 10.9 Å². The van der Waals surface area contributed by atoms with E-state index in [1.165, 1.54) is 32.1 Å². The summed E-state index contributed by atoms with van der Waals surface area (Å²) in [5.41, 5.74) is 0.513. The van der Waals surface area contributed by atoms with Gasteiger partial charge in [0.1, 0.15) is 5.69 Å². The number of nitrogens with zero attached hydrogens (tertiary/aromatic N) is 2. The van der Waals surface area contributed by atoms with Gasteiger partial charge in [0, 0.05) is 18.0 Å². The number of Topliss-reactive ketones (excluding diaryl/α,β-unsaturated/α-hetero) is 1.